The molecular formula is C15H13NOS. The molecule has 1 atom stereocenters. The first kappa shape index (κ1) is 11.2. The molecule has 0 aromatic heterocycles. The molecule has 0 amide bonds. The van der Waals surface area contributed by atoms with Gasteiger partial charge < -0.3 is 4.74 Å². The third-order valence-corrected chi connectivity index (χ3v) is 3.41. The fourth-order valence-electron chi connectivity index (χ4n) is 2.22. The van der Waals surface area contributed by atoms with Crippen LogP contribution in [0.4, 0.5) is 5.69 Å². The Morgan fingerprint density at radius 3 is 2.22 bits per heavy atom. The van der Waals surface area contributed by atoms with Crippen LogP contribution in [0.5, 0.6) is 0 Å². The van der Waals surface area contributed by atoms with E-state index in [1.54, 1.807) is 0 Å². The number of para-hydroxylation sites is 1. The van der Waals surface area contributed by atoms with Crippen LogP contribution in [0.1, 0.15) is 11.6 Å². The van der Waals surface area contributed by atoms with Crippen LogP contribution in [0, 0.1) is 0 Å². The van der Waals surface area contributed by atoms with Gasteiger partial charge in [0.05, 0.1) is 6.04 Å². The SMILES string of the molecule is S=C1OCC(c2ccccc2)N1c1ccccc1. The van der Waals surface area contributed by atoms with Crippen molar-refractivity contribution in [3.8, 4) is 0 Å². The van der Waals surface area contributed by atoms with Gasteiger partial charge in [-0.1, -0.05) is 48.5 Å². The number of hydrogen-bond donors (Lipinski definition) is 0. The smallest absolute Gasteiger partial charge is 0.264 e. The average Bonchev–Trinajstić information content (AvgIpc) is 2.83. The van der Waals surface area contributed by atoms with Gasteiger partial charge in [0.2, 0.25) is 0 Å². The van der Waals surface area contributed by atoms with Gasteiger partial charge in [-0.05, 0) is 29.9 Å². The summed E-state index contributed by atoms with van der Waals surface area (Å²) in [4.78, 5) is 2.07. The van der Waals surface area contributed by atoms with Crippen molar-refractivity contribution in [2.75, 3.05) is 11.5 Å². The Balaban J connectivity index is 1.98. The Kier molecular flexibility index (Phi) is 2.99. The number of ether oxygens (including phenoxy) is 1. The summed E-state index contributed by atoms with van der Waals surface area (Å²) in [5.74, 6) is 0. The Labute approximate surface area is 112 Å². The third-order valence-electron chi connectivity index (χ3n) is 3.09. The van der Waals surface area contributed by atoms with Crippen LogP contribution in [-0.4, -0.2) is 11.8 Å². The highest BCUT2D eigenvalue weighted by Gasteiger charge is 2.32. The van der Waals surface area contributed by atoms with E-state index in [0.717, 1.165) is 5.69 Å². The first-order chi connectivity index (χ1) is 8.86. The summed E-state index contributed by atoms with van der Waals surface area (Å²) < 4.78 is 5.54. The van der Waals surface area contributed by atoms with Crippen molar-refractivity contribution in [3.63, 3.8) is 0 Å². The Morgan fingerprint density at radius 2 is 1.56 bits per heavy atom. The molecule has 0 radical (unpaired) electrons. The highest BCUT2D eigenvalue weighted by atomic mass is 32.1. The fraction of sp³-hybridized carbons (Fsp3) is 0.133. The van der Waals surface area contributed by atoms with Crippen LogP contribution < -0.4 is 4.90 Å². The van der Waals surface area contributed by atoms with Crippen molar-refractivity contribution >= 4 is 23.1 Å². The highest BCUT2D eigenvalue weighted by molar-refractivity contribution is 7.80. The topological polar surface area (TPSA) is 12.5 Å². The van der Waals surface area contributed by atoms with E-state index in [9.17, 15) is 0 Å². The first-order valence-corrected chi connectivity index (χ1v) is 6.33. The molecule has 1 saturated heterocycles. The summed E-state index contributed by atoms with van der Waals surface area (Å²) in [5.41, 5.74) is 2.30. The number of thiocarbonyl (C=S) groups is 1. The van der Waals surface area contributed by atoms with Gasteiger partial charge in [-0.15, -0.1) is 0 Å². The van der Waals surface area contributed by atoms with Crippen LogP contribution in [0.3, 0.4) is 0 Å². The summed E-state index contributed by atoms with van der Waals surface area (Å²) in [6.07, 6.45) is 0. The molecule has 1 unspecified atom stereocenters. The number of hydrogen-bond acceptors (Lipinski definition) is 2. The zero-order chi connectivity index (χ0) is 12.4. The summed E-state index contributed by atoms with van der Waals surface area (Å²) in [6, 6.07) is 20.6. The maximum Gasteiger partial charge on any atom is 0.264 e. The minimum absolute atomic E-state index is 0.168. The molecule has 0 aliphatic carbocycles. The lowest BCUT2D eigenvalue weighted by Crippen LogP contribution is -2.26. The van der Waals surface area contributed by atoms with Crippen molar-refractivity contribution in [2.45, 2.75) is 6.04 Å². The van der Waals surface area contributed by atoms with Gasteiger partial charge in [-0.2, -0.15) is 0 Å². The molecule has 3 heteroatoms. The summed E-state index contributed by atoms with van der Waals surface area (Å²) in [7, 11) is 0. The average molecular weight is 255 g/mol. The predicted octanol–water partition coefficient (Wildman–Crippen LogP) is 3.55. The van der Waals surface area contributed by atoms with Crippen LogP contribution >= 0.6 is 12.2 Å². The second kappa shape index (κ2) is 4.78. The van der Waals surface area contributed by atoms with E-state index in [1.807, 2.05) is 36.4 Å². The largest absolute Gasteiger partial charge is 0.468 e. The lowest BCUT2D eigenvalue weighted by Gasteiger charge is -2.23. The van der Waals surface area contributed by atoms with Gasteiger partial charge >= 0.3 is 0 Å². The maximum atomic E-state index is 5.54. The molecule has 2 aromatic rings. The van der Waals surface area contributed by atoms with Crippen molar-refractivity contribution in [1.29, 1.82) is 0 Å². The van der Waals surface area contributed by atoms with Crippen LogP contribution in [0.15, 0.2) is 60.7 Å². The van der Waals surface area contributed by atoms with E-state index in [1.165, 1.54) is 5.56 Å². The van der Waals surface area contributed by atoms with Gasteiger partial charge in [-0.3, -0.25) is 4.90 Å². The molecular weight excluding hydrogens is 242 g/mol. The monoisotopic (exact) mass is 255 g/mol. The van der Waals surface area contributed by atoms with Gasteiger partial charge in [0.25, 0.3) is 5.17 Å². The minimum Gasteiger partial charge on any atom is -0.468 e. The van der Waals surface area contributed by atoms with Gasteiger partial charge in [0.15, 0.2) is 0 Å². The molecule has 1 aliphatic heterocycles. The fourth-order valence-corrected chi connectivity index (χ4v) is 2.52. The quantitative estimate of drug-likeness (QED) is 0.761. The van der Waals surface area contributed by atoms with Crippen LogP contribution in [0.25, 0.3) is 0 Å². The molecule has 0 saturated carbocycles. The zero-order valence-corrected chi connectivity index (χ0v) is 10.6. The lowest BCUT2D eigenvalue weighted by molar-refractivity contribution is 0.335. The predicted molar refractivity (Wildman–Crippen MR) is 76.7 cm³/mol. The van der Waals surface area contributed by atoms with Crippen LogP contribution in [0.2, 0.25) is 0 Å². The van der Waals surface area contributed by atoms with Gasteiger partial charge in [-0.25, -0.2) is 0 Å². The minimum atomic E-state index is 0.168. The second-order valence-corrected chi connectivity index (χ2v) is 4.56. The van der Waals surface area contributed by atoms with Crippen molar-refractivity contribution in [1.82, 2.24) is 0 Å². The second-order valence-electron chi connectivity index (χ2n) is 4.21. The van der Waals surface area contributed by atoms with E-state index < -0.39 is 0 Å². The lowest BCUT2D eigenvalue weighted by atomic mass is 10.1. The summed E-state index contributed by atoms with van der Waals surface area (Å²) in [5, 5.41) is 0.551. The molecule has 18 heavy (non-hydrogen) atoms. The van der Waals surface area contributed by atoms with Crippen molar-refractivity contribution in [2.24, 2.45) is 0 Å². The number of benzene rings is 2. The summed E-state index contributed by atoms with van der Waals surface area (Å²) in [6.45, 7) is 0.609. The van der Waals surface area contributed by atoms with Crippen molar-refractivity contribution in [3.05, 3.63) is 66.2 Å². The number of anilines is 1. The maximum absolute atomic E-state index is 5.54. The zero-order valence-electron chi connectivity index (χ0n) is 9.82. The highest BCUT2D eigenvalue weighted by Crippen LogP contribution is 2.32. The van der Waals surface area contributed by atoms with E-state index >= 15 is 0 Å². The molecule has 0 bridgehead atoms. The third kappa shape index (κ3) is 1.97. The molecule has 90 valence electrons. The normalized spacial score (nSPS) is 18.8. The number of rotatable bonds is 2. The van der Waals surface area contributed by atoms with E-state index in [-0.39, 0.29) is 6.04 Å². The Morgan fingerprint density at radius 1 is 0.944 bits per heavy atom. The molecule has 0 N–H and O–H groups in total. The molecule has 3 rings (SSSR count). The van der Waals surface area contributed by atoms with Gasteiger partial charge in [0, 0.05) is 5.69 Å². The van der Waals surface area contributed by atoms with E-state index in [2.05, 4.69) is 29.2 Å². The molecule has 2 aromatic carbocycles. The molecule has 1 fully saturated rings. The Hall–Kier alpha value is -1.87. The number of nitrogens with zero attached hydrogens (tertiary/aromatic N) is 1. The van der Waals surface area contributed by atoms with E-state index in [0.29, 0.717) is 11.8 Å². The standard InChI is InChI=1S/C15H13NOS/c18-15-16(13-9-5-2-6-10-13)14(11-17-15)12-7-3-1-4-8-12/h1-10,14H,11H2. The molecule has 1 heterocycles. The first-order valence-electron chi connectivity index (χ1n) is 5.92. The van der Waals surface area contributed by atoms with Crippen LogP contribution in [-0.2, 0) is 4.74 Å². The Bertz CT molecular complexity index is 541. The molecule has 1 aliphatic rings. The van der Waals surface area contributed by atoms with Gasteiger partial charge in [0.1, 0.15) is 6.61 Å². The molecule has 2 nitrogen and oxygen atoms in total. The molecule has 0 spiro atoms. The summed E-state index contributed by atoms with van der Waals surface area (Å²) >= 11 is 5.30. The van der Waals surface area contributed by atoms with Crippen molar-refractivity contribution < 1.29 is 4.74 Å². The van der Waals surface area contributed by atoms with E-state index in [4.69, 9.17) is 17.0 Å².